The van der Waals surface area contributed by atoms with Crippen LogP contribution < -0.4 is 11.1 Å². The van der Waals surface area contributed by atoms with Crippen molar-refractivity contribution in [3.05, 3.63) is 36.2 Å². The fraction of sp³-hybridized carbons (Fsp3) is 0.286. The first-order chi connectivity index (χ1) is 9.61. The standard InChI is InChI=1S/C14H17N3O3.ClH/c1-9-3-4-10(14-16-5-6-20-14)7-12(9)17-13(18)11(15)8-19-2;/h3-7,11H,8,15H2,1-2H3,(H,17,18);1H. The van der Waals surface area contributed by atoms with E-state index in [0.29, 0.717) is 11.6 Å². The van der Waals surface area contributed by atoms with Crippen LogP contribution in [0.25, 0.3) is 11.5 Å². The van der Waals surface area contributed by atoms with E-state index in [4.69, 9.17) is 14.9 Å². The van der Waals surface area contributed by atoms with E-state index in [0.717, 1.165) is 11.1 Å². The molecule has 2 rings (SSSR count). The Labute approximate surface area is 129 Å². The van der Waals surface area contributed by atoms with Crippen molar-refractivity contribution in [3.8, 4) is 11.5 Å². The zero-order valence-corrected chi connectivity index (χ0v) is 12.6. The van der Waals surface area contributed by atoms with Crippen molar-refractivity contribution < 1.29 is 13.9 Å². The highest BCUT2D eigenvalue weighted by Gasteiger charge is 2.15. The van der Waals surface area contributed by atoms with Crippen LogP contribution in [-0.2, 0) is 9.53 Å². The van der Waals surface area contributed by atoms with E-state index in [9.17, 15) is 4.79 Å². The van der Waals surface area contributed by atoms with E-state index in [-0.39, 0.29) is 24.9 Å². The van der Waals surface area contributed by atoms with Gasteiger partial charge in [-0.3, -0.25) is 4.79 Å². The highest BCUT2D eigenvalue weighted by atomic mass is 35.5. The Bertz CT molecular complexity index is 587. The molecule has 1 unspecified atom stereocenters. The maximum Gasteiger partial charge on any atom is 0.243 e. The van der Waals surface area contributed by atoms with Crippen LogP contribution in [-0.4, -0.2) is 30.6 Å². The molecule has 0 saturated carbocycles. The number of halogens is 1. The van der Waals surface area contributed by atoms with Crippen molar-refractivity contribution in [2.75, 3.05) is 19.0 Å². The van der Waals surface area contributed by atoms with Crippen molar-refractivity contribution >= 4 is 24.0 Å². The molecule has 1 aromatic heterocycles. The molecule has 0 radical (unpaired) electrons. The highest BCUT2D eigenvalue weighted by Crippen LogP contribution is 2.24. The SMILES string of the molecule is COCC(N)C(=O)Nc1cc(-c2ncco2)ccc1C.Cl. The number of aromatic nitrogens is 1. The van der Waals surface area contributed by atoms with Crippen molar-refractivity contribution in [2.24, 2.45) is 5.73 Å². The quantitative estimate of drug-likeness (QED) is 0.881. The average molecular weight is 312 g/mol. The molecular formula is C14H18ClN3O3. The molecule has 0 aliphatic rings. The average Bonchev–Trinajstić information content (AvgIpc) is 2.95. The summed E-state index contributed by atoms with van der Waals surface area (Å²) in [5.41, 5.74) is 8.09. The summed E-state index contributed by atoms with van der Waals surface area (Å²) >= 11 is 0. The number of rotatable bonds is 5. The smallest absolute Gasteiger partial charge is 0.243 e. The van der Waals surface area contributed by atoms with Crippen LogP contribution >= 0.6 is 12.4 Å². The summed E-state index contributed by atoms with van der Waals surface area (Å²) < 4.78 is 10.1. The van der Waals surface area contributed by atoms with Crippen molar-refractivity contribution in [3.63, 3.8) is 0 Å². The number of ether oxygens (including phenoxy) is 1. The number of nitrogens with zero attached hydrogens (tertiary/aromatic N) is 1. The summed E-state index contributed by atoms with van der Waals surface area (Å²) in [6, 6.07) is 4.87. The van der Waals surface area contributed by atoms with Gasteiger partial charge in [0.2, 0.25) is 11.8 Å². The molecule has 0 saturated heterocycles. The molecule has 1 atom stereocenters. The van der Waals surface area contributed by atoms with Gasteiger partial charge >= 0.3 is 0 Å². The third-order valence-corrected chi connectivity index (χ3v) is 2.86. The molecule has 0 fully saturated rings. The lowest BCUT2D eigenvalue weighted by molar-refractivity contribution is -0.118. The van der Waals surface area contributed by atoms with Gasteiger partial charge in [0.25, 0.3) is 0 Å². The lowest BCUT2D eigenvalue weighted by Crippen LogP contribution is -2.39. The number of amides is 1. The molecule has 21 heavy (non-hydrogen) atoms. The summed E-state index contributed by atoms with van der Waals surface area (Å²) in [4.78, 5) is 16.0. The molecule has 0 aliphatic carbocycles. The van der Waals surface area contributed by atoms with E-state index in [1.54, 1.807) is 12.3 Å². The maximum absolute atomic E-state index is 11.9. The number of hydrogen-bond donors (Lipinski definition) is 2. The molecule has 0 aliphatic heterocycles. The number of nitrogens with two attached hydrogens (primary N) is 1. The molecule has 114 valence electrons. The van der Waals surface area contributed by atoms with Crippen LogP contribution in [0.4, 0.5) is 5.69 Å². The number of anilines is 1. The first-order valence-electron chi connectivity index (χ1n) is 6.17. The minimum absolute atomic E-state index is 0. The summed E-state index contributed by atoms with van der Waals surface area (Å²) in [7, 11) is 1.50. The lowest BCUT2D eigenvalue weighted by Gasteiger charge is -2.13. The number of nitrogens with one attached hydrogen (secondary N) is 1. The molecule has 6 nitrogen and oxygen atoms in total. The van der Waals surface area contributed by atoms with Crippen molar-refractivity contribution in [1.29, 1.82) is 0 Å². The van der Waals surface area contributed by atoms with Gasteiger partial charge in [0, 0.05) is 18.4 Å². The van der Waals surface area contributed by atoms with Gasteiger partial charge in [-0.15, -0.1) is 12.4 Å². The Kier molecular flexibility index (Phi) is 6.36. The Balaban J connectivity index is 0.00000220. The Morgan fingerprint density at radius 1 is 1.52 bits per heavy atom. The van der Waals surface area contributed by atoms with Gasteiger partial charge in [-0.1, -0.05) is 6.07 Å². The third-order valence-electron chi connectivity index (χ3n) is 2.86. The first-order valence-corrected chi connectivity index (χ1v) is 6.17. The van der Waals surface area contributed by atoms with Crippen LogP contribution in [0.3, 0.4) is 0 Å². The second kappa shape index (κ2) is 7.78. The number of oxazole rings is 1. The fourth-order valence-electron chi connectivity index (χ4n) is 1.74. The Morgan fingerprint density at radius 3 is 2.90 bits per heavy atom. The molecule has 1 amide bonds. The largest absolute Gasteiger partial charge is 0.445 e. The normalized spacial score (nSPS) is 11.6. The van der Waals surface area contributed by atoms with Crippen molar-refractivity contribution in [2.45, 2.75) is 13.0 Å². The van der Waals surface area contributed by atoms with Crippen LogP contribution in [0.15, 0.2) is 35.1 Å². The molecule has 2 aromatic rings. The second-order valence-corrected chi connectivity index (χ2v) is 4.42. The molecule has 0 bridgehead atoms. The van der Waals surface area contributed by atoms with Gasteiger partial charge in [-0.2, -0.15) is 0 Å². The van der Waals surface area contributed by atoms with Gasteiger partial charge in [-0.25, -0.2) is 4.98 Å². The molecular weight excluding hydrogens is 294 g/mol. The number of methoxy groups -OCH3 is 1. The first kappa shape index (κ1) is 17.2. The predicted octanol–water partition coefficient (Wildman–Crippen LogP) is 1.98. The lowest BCUT2D eigenvalue weighted by atomic mass is 10.1. The summed E-state index contributed by atoms with van der Waals surface area (Å²) in [5.74, 6) is 0.209. The van der Waals surface area contributed by atoms with Crippen LogP contribution in [0.1, 0.15) is 5.56 Å². The fourth-order valence-corrected chi connectivity index (χ4v) is 1.74. The highest BCUT2D eigenvalue weighted by molar-refractivity contribution is 5.95. The molecule has 1 heterocycles. The van der Waals surface area contributed by atoms with Gasteiger partial charge < -0.3 is 20.2 Å². The predicted molar refractivity (Wildman–Crippen MR) is 82.4 cm³/mol. The van der Waals surface area contributed by atoms with Gasteiger partial charge in [0.05, 0.1) is 12.8 Å². The summed E-state index contributed by atoms with van der Waals surface area (Å²) in [6.07, 6.45) is 3.07. The zero-order chi connectivity index (χ0) is 14.5. The topological polar surface area (TPSA) is 90.4 Å². The third kappa shape index (κ3) is 4.29. The number of benzene rings is 1. The summed E-state index contributed by atoms with van der Waals surface area (Å²) in [6.45, 7) is 2.07. The number of carbonyl (C=O) groups is 1. The summed E-state index contributed by atoms with van der Waals surface area (Å²) in [5, 5.41) is 2.78. The van der Waals surface area contributed by atoms with Crippen molar-refractivity contribution in [1.82, 2.24) is 4.98 Å². The maximum atomic E-state index is 11.9. The minimum atomic E-state index is -0.704. The Hall–Kier alpha value is -1.89. The van der Waals surface area contributed by atoms with E-state index >= 15 is 0 Å². The number of carbonyl (C=O) groups excluding carboxylic acids is 1. The van der Waals surface area contributed by atoms with E-state index in [1.165, 1.54) is 13.4 Å². The zero-order valence-electron chi connectivity index (χ0n) is 11.8. The van der Waals surface area contributed by atoms with Crippen LogP contribution in [0.2, 0.25) is 0 Å². The number of hydrogen-bond acceptors (Lipinski definition) is 5. The van der Waals surface area contributed by atoms with Gasteiger partial charge in [0.1, 0.15) is 12.3 Å². The monoisotopic (exact) mass is 311 g/mol. The van der Waals surface area contributed by atoms with Crippen LogP contribution in [0.5, 0.6) is 0 Å². The number of aryl methyl sites for hydroxylation is 1. The Morgan fingerprint density at radius 2 is 2.29 bits per heavy atom. The molecule has 0 spiro atoms. The van der Waals surface area contributed by atoms with E-state index < -0.39 is 6.04 Å². The van der Waals surface area contributed by atoms with E-state index in [1.807, 2.05) is 19.1 Å². The minimum Gasteiger partial charge on any atom is -0.445 e. The molecule has 7 heteroatoms. The van der Waals surface area contributed by atoms with E-state index in [2.05, 4.69) is 10.3 Å². The van der Waals surface area contributed by atoms with Gasteiger partial charge in [0.15, 0.2) is 0 Å². The molecule has 1 aromatic carbocycles. The van der Waals surface area contributed by atoms with Gasteiger partial charge in [-0.05, 0) is 24.6 Å². The second-order valence-electron chi connectivity index (χ2n) is 4.42. The molecule has 3 N–H and O–H groups in total. The van der Waals surface area contributed by atoms with Crippen LogP contribution in [0, 0.1) is 6.92 Å².